The molecule has 1 aromatic carbocycles. The Labute approximate surface area is 205 Å². The minimum Gasteiger partial charge on any atom is -0.491 e. The molecular formula is C21H35O13P. The van der Waals surface area contributed by atoms with Crippen LogP contribution in [0.1, 0.15) is 57.4 Å². The van der Waals surface area contributed by atoms with Crippen LogP contribution in [0.5, 0.6) is 5.75 Å². The molecular weight excluding hydrogens is 491 g/mol. The number of aryl methyl sites for hydroxylation is 1. The van der Waals surface area contributed by atoms with Gasteiger partial charge in [-0.2, -0.15) is 0 Å². The molecule has 0 bridgehead atoms. The molecule has 0 aliphatic carbocycles. The Morgan fingerprint density at radius 1 is 0.743 bits per heavy atom. The van der Waals surface area contributed by atoms with Crippen molar-refractivity contribution >= 4 is 7.82 Å². The second kappa shape index (κ2) is 21.5. The first kappa shape index (κ1) is 31.3. The normalized spacial score (nSPS) is 11.7. The van der Waals surface area contributed by atoms with E-state index in [1.165, 1.54) is 50.5 Å². The summed E-state index contributed by atoms with van der Waals surface area (Å²) in [7, 11) is -1.39. The molecule has 35 heavy (non-hydrogen) atoms. The van der Waals surface area contributed by atoms with Gasteiger partial charge in [0.25, 0.3) is 0 Å². The molecule has 14 heteroatoms. The second-order valence-electron chi connectivity index (χ2n) is 6.88. The average Bonchev–Trinajstić information content (AvgIpc) is 2.89. The quantitative estimate of drug-likeness (QED) is 0.0531. The van der Waals surface area contributed by atoms with Crippen LogP contribution < -0.4 is 4.74 Å². The third-order valence-electron chi connectivity index (χ3n) is 4.40. The Morgan fingerprint density at radius 2 is 1.37 bits per heavy atom. The summed E-state index contributed by atoms with van der Waals surface area (Å²) >= 11 is 0. The van der Waals surface area contributed by atoms with Gasteiger partial charge in [0.05, 0.1) is 0 Å². The van der Waals surface area contributed by atoms with Gasteiger partial charge in [0.1, 0.15) is 25.2 Å². The lowest BCUT2D eigenvalue weighted by atomic mass is 10.0. The van der Waals surface area contributed by atoms with Crippen LogP contribution in [-0.2, 0) is 64.6 Å². The molecule has 1 rings (SSSR count). The lowest BCUT2D eigenvalue weighted by Crippen LogP contribution is -2.08. The maximum atomic E-state index is 11.5. The van der Waals surface area contributed by atoms with Crippen molar-refractivity contribution in [2.45, 2.75) is 58.3 Å². The van der Waals surface area contributed by atoms with E-state index in [9.17, 15) is 4.57 Å². The van der Waals surface area contributed by atoms with Gasteiger partial charge in [-0.3, -0.25) is 9.05 Å². The predicted molar refractivity (Wildman–Crippen MR) is 119 cm³/mol. The third kappa shape index (κ3) is 17.3. The van der Waals surface area contributed by atoms with Gasteiger partial charge in [0.15, 0.2) is 6.26 Å². The molecule has 13 nitrogen and oxygen atoms in total. The summed E-state index contributed by atoms with van der Waals surface area (Å²) in [5.41, 5.74) is 1.29. The summed E-state index contributed by atoms with van der Waals surface area (Å²) in [5, 5.41) is 23.9. The lowest BCUT2D eigenvalue weighted by molar-refractivity contribution is -0.811. The van der Waals surface area contributed by atoms with Crippen molar-refractivity contribution in [3.63, 3.8) is 0 Å². The third-order valence-corrected chi connectivity index (χ3v) is 5.68. The summed E-state index contributed by atoms with van der Waals surface area (Å²) in [5.74, 6) is 0.717. The van der Waals surface area contributed by atoms with Gasteiger partial charge in [-0.15, -0.1) is 0 Å². The van der Waals surface area contributed by atoms with Crippen LogP contribution >= 0.6 is 7.82 Å². The Bertz CT molecular complexity index is 678. The minimum absolute atomic E-state index is 0.0429. The number of unbranched alkanes of at least 4 members (excludes halogenated alkanes) is 6. The van der Waals surface area contributed by atoms with Gasteiger partial charge < -0.3 is 14.1 Å². The first-order chi connectivity index (χ1) is 17.1. The van der Waals surface area contributed by atoms with Crippen LogP contribution in [0, 0.1) is 0 Å². The molecule has 0 atom stereocenters. The van der Waals surface area contributed by atoms with Crippen LogP contribution in [0.2, 0.25) is 0 Å². The SMILES string of the molecule is CCCCCCCCCc1ccc(OCCOOOOOOOO/C=C\OP(=O)(OC)OC)cc1. The predicted octanol–water partition coefficient (Wildman–Crippen LogP) is 5.79. The summed E-state index contributed by atoms with van der Waals surface area (Å²) in [6.07, 6.45) is 11.8. The second-order valence-corrected chi connectivity index (χ2v) is 8.72. The van der Waals surface area contributed by atoms with E-state index < -0.39 is 7.82 Å². The average molecular weight is 526 g/mol. The van der Waals surface area contributed by atoms with Crippen LogP contribution in [0.25, 0.3) is 0 Å². The van der Waals surface area contributed by atoms with E-state index in [0.717, 1.165) is 38.9 Å². The highest BCUT2D eigenvalue weighted by Gasteiger charge is 2.21. The lowest BCUT2D eigenvalue weighted by Gasteiger charge is -2.09. The highest BCUT2D eigenvalue weighted by molar-refractivity contribution is 7.48. The maximum Gasteiger partial charge on any atom is 0.529 e. The fourth-order valence-corrected chi connectivity index (χ4v) is 3.17. The number of phosphoric acid groups is 1. The number of ether oxygens (including phenoxy) is 1. The molecule has 0 N–H and O–H groups in total. The summed E-state index contributed by atoms with van der Waals surface area (Å²) in [6, 6.07) is 7.95. The molecule has 0 amide bonds. The number of hydrogen-bond acceptors (Lipinski definition) is 13. The standard InChI is InChI=1S/C21H35O13P/c1-4-5-6-7-8-9-10-11-20-12-14-21(15-13-20)25-16-17-26-29-31-33-34-32-30-27-18-19-28-35(22,23-2)24-3/h12-15,18-19H,4-11,16-17H2,1-3H3/b19-18-. The zero-order valence-electron chi connectivity index (χ0n) is 20.3. The van der Waals surface area contributed by atoms with Crippen molar-refractivity contribution in [2.24, 2.45) is 0 Å². The Kier molecular flexibility index (Phi) is 19.2. The number of benzene rings is 1. The largest absolute Gasteiger partial charge is 0.529 e. The Morgan fingerprint density at radius 3 is 2.06 bits per heavy atom. The fourth-order valence-electron chi connectivity index (χ4n) is 2.65. The summed E-state index contributed by atoms with van der Waals surface area (Å²) < 4.78 is 30.6. The molecule has 202 valence electrons. The van der Waals surface area contributed by atoms with Gasteiger partial charge in [0, 0.05) is 29.3 Å². The topological polar surface area (TPSA) is 128 Å². The van der Waals surface area contributed by atoms with Gasteiger partial charge >= 0.3 is 7.82 Å². The smallest absolute Gasteiger partial charge is 0.491 e. The van der Waals surface area contributed by atoms with E-state index in [2.05, 4.69) is 72.6 Å². The highest BCUT2D eigenvalue weighted by Crippen LogP contribution is 2.47. The van der Waals surface area contributed by atoms with Gasteiger partial charge in [-0.05, 0) is 45.7 Å². The van der Waals surface area contributed by atoms with Crippen molar-refractivity contribution in [3.8, 4) is 5.75 Å². The van der Waals surface area contributed by atoms with Crippen molar-refractivity contribution < 1.29 is 62.9 Å². The monoisotopic (exact) mass is 526 g/mol. The molecule has 0 unspecified atom stereocenters. The molecule has 0 aliphatic rings. The zero-order valence-corrected chi connectivity index (χ0v) is 21.2. The van der Waals surface area contributed by atoms with Crippen molar-refractivity contribution in [1.82, 2.24) is 0 Å². The number of phosphoric ester groups is 1. The molecule has 0 radical (unpaired) electrons. The molecule has 1 aromatic rings. The molecule has 0 aromatic heterocycles. The Balaban J connectivity index is 1.91. The van der Waals surface area contributed by atoms with Crippen LogP contribution in [0.15, 0.2) is 36.8 Å². The fraction of sp³-hybridized carbons (Fsp3) is 0.619. The molecule has 0 fully saturated rings. The van der Waals surface area contributed by atoms with Crippen molar-refractivity contribution in [3.05, 3.63) is 42.4 Å². The molecule has 0 aliphatic heterocycles. The Hall–Kier alpha value is -1.77. The number of rotatable bonds is 24. The van der Waals surface area contributed by atoms with Gasteiger partial charge in [-0.1, -0.05) is 57.6 Å². The van der Waals surface area contributed by atoms with E-state index in [1.807, 2.05) is 12.1 Å². The molecule has 0 saturated carbocycles. The molecule has 0 saturated heterocycles. The first-order valence-electron chi connectivity index (χ1n) is 11.2. The first-order valence-corrected chi connectivity index (χ1v) is 12.6. The summed E-state index contributed by atoms with van der Waals surface area (Å²) in [4.78, 5) is 8.89. The van der Waals surface area contributed by atoms with E-state index in [1.54, 1.807) is 0 Å². The molecule has 0 spiro atoms. The van der Waals surface area contributed by atoms with Crippen LogP contribution in [-0.4, -0.2) is 27.4 Å². The van der Waals surface area contributed by atoms with Gasteiger partial charge in [0.2, 0.25) is 0 Å². The zero-order chi connectivity index (χ0) is 25.5. The van der Waals surface area contributed by atoms with Crippen LogP contribution in [0.3, 0.4) is 0 Å². The van der Waals surface area contributed by atoms with Crippen molar-refractivity contribution in [1.29, 1.82) is 0 Å². The van der Waals surface area contributed by atoms with E-state index in [-0.39, 0.29) is 13.2 Å². The van der Waals surface area contributed by atoms with Gasteiger partial charge in [-0.25, -0.2) is 9.45 Å². The number of hydrogen-bond donors (Lipinski definition) is 0. The van der Waals surface area contributed by atoms with Crippen molar-refractivity contribution in [2.75, 3.05) is 27.4 Å². The van der Waals surface area contributed by atoms with E-state index in [4.69, 9.17) is 4.74 Å². The van der Waals surface area contributed by atoms with E-state index in [0.29, 0.717) is 0 Å². The van der Waals surface area contributed by atoms with E-state index >= 15 is 0 Å². The molecule has 0 heterocycles. The minimum atomic E-state index is -3.67. The maximum absolute atomic E-state index is 11.5. The van der Waals surface area contributed by atoms with Crippen LogP contribution in [0.4, 0.5) is 0 Å². The highest BCUT2D eigenvalue weighted by atomic mass is 31.2. The summed E-state index contributed by atoms with van der Waals surface area (Å²) in [6.45, 7) is 2.49.